The van der Waals surface area contributed by atoms with Crippen molar-refractivity contribution in [2.24, 2.45) is 0 Å². The van der Waals surface area contributed by atoms with Gasteiger partial charge in [0.05, 0.1) is 9.81 Å². The van der Waals surface area contributed by atoms with Crippen LogP contribution in [0, 0.1) is 12.7 Å². The molecule has 0 N–H and O–H groups in total. The average Bonchev–Trinajstić information content (AvgIpc) is 1.97. The molecule has 0 aliphatic carbocycles. The van der Waals surface area contributed by atoms with Crippen molar-refractivity contribution in [3.8, 4) is 0 Å². The van der Waals surface area contributed by atoms with Crippen LogP contribution in [0.5, 0.6) is 0 Å². The van der Waals surface area contributed by atoms with Crippen molar-refractivity contribution >= 4 is 0 Å². The summed E-state index contributed by atoms with van der Waals surface area (Å²) in [5.74, 6) is -0.814. The number of aryl methyl sites for hydroxylation is 1. The molecule has 1 aromatic rings. The number of pyridine rings is 1. The summed E-state index contributed by atoms with van der Waals surface area (Å²) in [6.07, 6.45) is -0.353. The summed E-state index contributed by atoms with van der Waals surface area (Å²) < 4.78 is 33.7. The third kappa shape index (κ3) is 0.832. The molecule has 0 aromatic carbocycles. The van der Waals surface area contributed by atoms with Crippen LogP contribution in [0.25, 0.3) is 0 Å². The molecule has 0 saturated heterocycles. The summed E-state index contributed by atoms with van der Waals surface area (Å²) in [5, 5.41) is 0. The van der Waals surface area contributed by atoms with E-state index in [2.05, 4.69) is 4.98 Å². The Balaban J connectivity index is 3.46. The molecule has 0 saturated carbocycles. The van der Waals surface area contributed by atoms with E-state index in [4.69, 9.17) is 4.11 Å². The largest absolute Gasteiger partial charge is 0.259 e. The predicted octanol–water partition coefficient (Wildman–Crippen LogP) is 1.53. The first kappa shape index (κ1) is 2.58. The van der Waals surface area contributed by atoms with Crippen LogP contribution in [0.3, 0.4) is 0 Å². The molecule has 0 spiro atoms. The van der Waals surface area contributed by atoms with Crippen LogP contribution >= 0.6 is 0 Å². The molecule has 1 nitrogen and oxygen atoms in total. The Kier molecular flexibility index (Phi) is 0.613. The van der Waals surface area contributed by atoms with Crippen LogP contribution < -0.4 is 0 Å². The quantitative estimate of drug-likeness (QED) is 0.498. The van der Waals surface area contributed by atoms with Gasteiger partial charge in [-0.25, -0.2) is 4.39 Å². The molecule has 1 rings (SSSR count). The molecule has 0 radical (unpaired) electrons. The van der Waals surface area contributed by atoms with Gasteiger partial charge in [0, 0.05) is 6.17 Å². The predicted molar refractivity (Wildman–Crippen MR) is 28.9 cm³/mol. The first-order chi connectivity index (χ1) is 5.04. The van der Waals surface area contributed by atoms with Crippen molar-refractivity contribution < 1.29 is 8.50 Å². The minimum Gasteiger partial charge on any atom is -0.259 e. The van der Waals surface area contributed by atoms with E-state index in [9.17, 15) is 4.39 Å². The third-order valence-corrected chi connectivity index (χ3v) is 0.769. The molecule has 42 valence electrons. The molecule has 0 unspecified atom stereocenters. The van der Waals surface area contributed by atoms with Crippen LogP contribution in [0.2, 0.25) is 0 Å². The minimum atomic E-state index is -0.814. The van der Waals surface area contributed by atoms with Gasteiger partial charge < -0.3 is 0 Å². The van der Waals surface area contributed by atoms with Gasteiger partial charge in [-0.05, 0) is 19.0 Å². The van der Waals surface area contributed by atoms with Gasteiger partial charge in [-0.1, -0.05) is 0 Å². The third-order valence-electron chi connectivity index (χ3n) is 0.769. The highest BCUT2D eigenvalue weighted by atomic mass is 19.1. The maximum atomic E-state index is 12.7. The zero-order valence-electron chi connectivity index (χ0n) is 7.33. The molecule has 0 amide bonds. The van der Waals surface area contributed by atoms with Crippen LogP contribution in [0.15, 0.2) is 18.3 Å². The van der Waals surface area contributed by atoms with E-state index in [1.54, 1.807) is 0 Å². The molecule has 8 heavy (non-hydrogen) atoms. The molecule has 0 fully saturated rings. The summed E-state index contributed by atoms with van der Waals surface area (Å²) >= 11 is 0. The van der Waals surface area contributed by atoms with Gasteiger partial charge in [0.2, 0.25) is 0 Å². The molecule has 0 aliphatic rings. The van der Waals surface area contributed by atoms with Gasteiger partial charge in [0.1, 0.15) is 5.82 Å². The zero-order chi connectivity index (χ0) is 8.59. The lowest BCUT2D eigenvalue weighted by Gasteiger charge is -1.88. The first-order valence-electron chi connectivity index (χ1n) is 3.64. The number of aromatic nitrogens is 1. The minimum absolute atomic E-state index is 0.00370. The standard InChI is InChI=1S/C6H6FN/c1-5-6(7)3-2-4-8-5/h2-4H,1H3/i2D,3D,4D. The van der Waals surface area contributed by atoms with Crippen LogP contribution in [0.4, 0.5) is 4.39 Å². The highest BCUT2D eigenvalue weighted by molar-refractivity contribution is 5.03. The van der Waals surface area contributed by atoms with Crippen molar-refractivity contribution in [3.05, 3.63) is 29.8 Å². The molecule has 0 aliphatic heterocycles. The Morgan fingerprint density at radius 1 is 1.88 bits per heavy atom. The molecular weight excluding hydrogens is 105 g/mol. The Hall–Kier alpha value is -0.920. The van der Waals surface area contributed by atoms with E-state index in [0.717, 1.165) is 0 Å². The summed E-state index contributed by atoms with van der Waals surface area (Å²) in [4.78, 5) is 3.42. The fourth-order valence-electron chi connectivity index (χ4n) is 0.334. The highest BCUT2D eigenvalue weighted by Gasteiger charge is 1.90. The second-order valence-electron chi connectivity index (χ2n) is 1.37. The molecule has 0 bridgehead atoms. The van der Waals surface area contributed by atoms with Gasteiger partial charge in [-0.3, -0.25) is 4.98 Å². The molecule has 0 atom stereocenters. The summed E-state index contributed by atoms with van der Waals surface area (Å²) in [7, 11) is 0. The number of nitrogens with zero attached hydrogens (tertiary/aromatic N) is 1. The Bertz CT molecular complexity index is 274. The molecular formula is C6H6FN. The number of hydrogen-bond acceptors (Lipinski definition) is 1. The second kappa shape index (κ2) is 1.90. The van der Waals surface area contributed by atoms with Gasteiger partial charge in [0.15, 0.2) is 0 Å². The van der Waals surface area contributed by atoms with Crippen molar-refractivity contribution in [2.45, 2.75) is 6.92 Å². The topological polar surface area (TPSA) is 12.9 Å². The van der Waals surface area contributed by atoms with E-state index in [-0.39, 0.29) is 11.9 Å². The van der Waals surface area contributed by atoms with E-state index in [1.807, 2.05) is 0 Å². The Morgan fingerprint density at radius 3 is 3.38 bits per heavy atom. The molecule has 1 heterocycles. The number of halogens is 1. The van der Waals surface area contributed by atoms with E-state index < -0.39 is 17.9 Å². The van der Waals surface area contributed by atoms with Gasteiger partial charge >= 0.3 is 0 Å². The lowest BCUT2D eigenvalue weighted by molar-refractivity contribution is 0.610. The lowest BCUT2D eigenvalue weighted by Crippen LogP contribution is -1.82. The van der Waals surface area contributed by atoms with Gasteiger partial charge in [-0.2, -0.15) is 0 Å². The van der Waals surface area contributed by atoms with Crippen LogP contribution in [-0.2, 0) is 0 Å². The monoisotopic (exact) mass is 114 g/mol. The lowest BCUT2D eigenvalue weighted by atomic mass is 10.4. The Morgan fingerprint density at radius 2 is 2.62 bits per heavy atom. The molecule has 2 heteroatoms. The highest BCUT2D eigenvalue weighted by Crippen LogP contribution is 1.97. The normalized spacial score (nSPS) is 14.5. The average molecular weight is 114 g/mol. The summed E-state index contributed by atoms with van der Waals surface area (Å²) in [5.41, 5.74) is -0.00370. The van der Waals surface area contributed by atoms with Crippen LogP contribution in [-0.4, -0.2) is 4.98 Å². The van der Waals surface area contributed by atoms with Crippen molar-refractivity contribution in [1.29, 1.82) is 0 Å². The number of hydrogen-bond donors (Lipinski definition) is 0. The van der Waals surface area contributed by atoms with Crippen LogP contribution in [0.1, 0.15) is 9.81 Å². The summed E-state index contributed by atoms with van der Waals surface area (Å²) in [6.45, 7) is 1.37. The first-order valence-corrected chi connectivity index (χ1v) is 2.14. The summed E-state index contributed by atoms with van der Waals surface area (Å²) in [6, 6.07) is -1.02. The maximum absolute atomic E-state index is 12.7. The second-order valence-corrected chi connectivity index (χ2v) is 1.37. The molecule has 1 aromatic heterocycles. The SMILES string of the molecule is [2H]c1nc(C)c(F)c([2H])c1[2H]. The van der Waals surface area contributed by atoms with Gasteiger partial charge in [0.25, 0.3) is 0 Å². The fourth-order valence-corrected chi connectivity index (χ4v) is 0.334. The van der Waals surface area contributed by atoms with E-state index in [0.29, 0.717) is 0 Å². The smallest absolute Gasteiger partial charge is 0.144 e. The van der Waals surface area contributed by atoms with Crippen molar-refractivity contribution in [3.63, 3.8) is 0 Å². The van der Waals surface area contributed by atoms with E-state index in [1.165, 1.54) is 6.92 Å². The zero-order valence-corrected chi connectivity index (χ0v) is 4.33. The van der Waals surface area contributed by atoms with E-state index >= 15 is 0 Å². The fraction of sp³-hybridized carbons (Fsp3) is 0.167. The van der Waals surface area contributed by atoms with Crippen molar-refractivity contribution in [2.75, 3.05) is 0 Å². The van der Waals surface area contributed by atoms with Crippen molar-refractivity contribution in [1.82, 2.24) is 4.98 Å². The van der Waals surface area contributed by atoms with Gasteiger partial charge in [-0.15, -0.1) is 0 Å². The Labute approximate surface area is 51.4 Å². The maximum Gasteiger partial charge on any atom is 0.144 e. The number of rotatable bonds is 0.